The summed E-state index contributed by atoms with van der Waals surface area (Å²) in [5, 5.41) is 1.87. The zero-order chi connectivity index (χ0) is 17.5. The molecule has 2 aromatic carbocycles. The van der Waals surface area contributed by atoms with E-state index in [1.54, 1.807) is 0 Å². The van der Waals surface area contributed by atoms with Crippen LogP contribution in [-0.2, 0) is 11.3 Å². The molecule has 3 nitrogen and oxygen atoms in total. The normalized spacial score (nSPS) is 13.2. The van der Waals surface area contributed by atoms with Crippen molar-refractivity contribution in [3.05, 3.63) is 70.7 Å². The maximum atomic E-state index is 12.0. The number of carbonyl (C=O) groups is 1. The Kier molecular flexibility index (Phi) is 6.13. The second-order valence-electron chi connectivity index (χ2n) is 6.58. The fraction of sp³-hybridized carbons (Fsp3) is 0.364. The highest BCUT2D eigenvalue weighted by Crippen LogP contribution is 2.13. The van der Waals surface area contributed by atoms with E-state index in [4.69, 9.17) is 0 Å². The number of hydrogen-bond donors (Lipinski definition) is 0. The molecule has 1 aliphatic rings. The first-order valence-corrected chi connectivity index (χ1v) is 9.25. The van der Waals surface area contributed by atoms with Gasteiger partial charge < -0.3 is 0 Å². The first kappa shape index (κ1) is 17.6. The molecule has 0 radical (unpaired) electrons. The smallest absolute Gasteiger partial charge is 0.274 e. The second kappa shape index (κ2) is 8.72. The summed E-state index contributed by atoms with van der Waals surface area (Å²) in [6.07, 6.45) is 4.20. The Hall–Kier alpha value is -2.26. The van der Waals surface area contributed by atoms with Gasteiger partial charge in [-0.25, -0.2) is 4.99 Å². The lowest BCUT2D eigenvalue weighted by Crippen LogP contribution is -2.24. The van der Waals surface area contributed by atoms with Gasteiger partial charge in [0.2, 0.25) is 0 Å². The summed E-state index contributed by atoms with van der Waals surface area (Å²) in [5.41, 5.74) is 2.27. The molecule has 130 valence electrons. The minimum Gasteiger partial charge on any atom is -0.299 e. The molecule has 1 heterocycles. The Morgan fingerprint density at radius 2 is 1.68 bits per heavy atom. The summed E-state index contributed by atoms with van der Waals surface area (Å²) in [7, 11) is 0. The van der Waals surface area contributed by atoms with Gasteiger partial charge in [-0.15, -0.1) is 0 Å². The lowest BCUT2D eigenvalue weighted by atomic mass is 10.0. The monoisotopic (exact) mass is 334 g/mol. The molecule has 0 bridgehead atoms. The fourth-order valence-electron chi connectivity index (χ4n) is 3.36. The van der Waals surface area contributed by atoms with Crippen LogP contribution in [0.15, 0.2) is 59.6 Å². The molecule has 0 saturated carbocycles. The highest BCUT2D eigenvalue weighted by Gasteiger charge is 2.15. The van der Waals surface area contributed by atoms with Crippen LogP contribution in [0.25, 0.3) is 5.57 Å². The van der Waals surface area contributed by atoms with Gasteiger partial charge in [0.05, 0.1) is 5.36 Å². The quantitative estimate of drug-likeness (QED) is 0.660. The summed E-state index contributed by atoms with van der Waals surface area (Å²) >= 11 is 0. The van der Waals surface area contributed by atoms with Crippen LogP contribution in [0.3, 0.4) is 0 Å². The van der Waals surface area contributed by atoms with E-state index in [2.05, 4.69) is 47.1 Å². The zero-order valence-electron chi connectivity index (χ0n) is 14.9. The van der Waals surface area contributed by atoms with Gasteiger partial charge in [-0.2, -0.15) is 0 Å². The van der Waals surface area contributed by atoms with Gasteiger partial charge in [0, 0.05) is 17.3 Å². The number of carbonyl (C=O) groups excluding carboxylic acids is 1. The topological polar surface area (TPSA) is 32.7 Å². The average molecular weight is 334 g/mol. The van der Waals surface area contributed by atoms with Crippen LogP contribution in [-0.4, -0.2) is 23.9 Å². The second-order valence-corrected chi connectivity index (χ2v) is 6.58. The van der Waals surface area contributed by atoms with Crippen LogP contribution in [0.1, 0.15) is 38.2 Å². The van der Waals surface area contributed by atoms with Crippen molar-refractivity contribution in [3.8, 4) is 0 Å². The highest BCUT2D eigenvalue weighted by atomic mass is 16.1. The van der Waals surface area contributed by atoms with E-state index < -0.39 is 0 Å². The maximum Gasteiger partial charge on any atom is 0.274 e. The van der Waals surface area contributed by atoms with Crippen molar-refractivity contribution >= 4 is 11.5 Å². The molecule has 0 aromatic heterocycles. The van der Waals surface area contributed by atoms with Crippen molar-refractivity contribution < 1.29 is 4.79 Å². The predicted molar refractivity (Wildman–Crippen MR) is 101 cm³/mol. The van der Waals surface area contributed by atoms with Crippen molar-refractivity contribution in [2.24, 2.45) is 4.99 Å². The number of rotatable bonds is 9. The Bertz CT molecular complexity index is 827. The average Bonchev–Trinajstić information content (AvgIpc) is 2.96. The predicted octanol–water partition coefficient (Wildman–Crippen LogP) is 3.08. The minimum absolute atomic E-state index is 0.0412. The molecule has 1 amide bonds. The van der Waals surface area contributed by atoms with E-state index in [1.807, 2.05) is 24.3 Å². The van der Waals surface area contributed by atoms with Crippen LogP contribution in [0.4, 0.5) is 0 Å². The SMILES string of the molecule is CCN(CCCCCC1=c2ccccc2=NC1=O)Cc1ccccc1. The van der Waals surface area contributed by atoms with Crippen molar-refractivity contribution in [1.29, 1.82) is 0 Å². The number of nitrogens with zero attached hydrogens (tertiary/aromatic N) is 2. The summed E-state index contributed by atoms with van der Waals surface area (Å²) < 4.78 is 0. The van der Waals surface area contributed by atoms with Gasteiger partial charge in [-0.05, 0) is 44.0 Å². The van der Waals surface area contributed by atoms with Gasteiger partial charge in [-0.3, -0.25) is 9.69 Å². The largest absolute Gasteiger partial charge is 0.299 e. The third-order valence-electron chi connectivity index (χ3n) is 4.81. The molecule has 3 rings (SSSR count). The summed E-state index contributed by atoms with van der Waals surface area (Å²) in [6, 6.07) is 18.5. The zero-order valence-corrected chi connectivity index (χ0v) is 14.9. The lowest BCUT2D eigenvalue weighted by Gasteiger charge is -2.20. The molecule has 0 aliphatic carbocycles. The van der Waals surface area contributed by atoms with Crippen molar-refractivity contribution in [2.45, 2.75) is 39.2 Å². The van der Waals surface area contributed by atoms with Crippen molar-refractivity contribution in [2.75, 3.05) is 13.1 Å². The van der Waals surface area contributed by atoms with Crippen LogP contribution >= 0.6 is 0 Å². The number of para-hydroxylation sites is 1. The highest BCUT2D eigenvalue weighted by molar-refractivity contribution is 6.15. The molecule has 0 N–H and O–H groups in total. The van der Waals surface area contributed by atoms with Crippen LogP contribution in [0.5, 0.6) is 0 Å². The Morgan fingerprint density at radius 3 is 2.48 bits per heavy atom. The summed E-state index contributed by atoms with van der Waals surface area (Å²) in [5.74, 6) is -0.0412. The number of fused-ring (bicyclic) bond motifs is 1. The van der Waals surface area contributed by atoms with Gasteiger partial charge in [-0.1, -0.05) is 61.9 Å². The Morgan fingerprint density at radius 1 is 0.920 bits per heavy atom. The molecular formula is C22H26N2O. The Balaban J connectivity index is 1.45. The third-order valence-corrected chi connectivity index (χ3v) is 4.81. The van der Waals surface area contributed by atoms with E-state index in [9.17, 15) is 4.79 Å². The van der Waals surface area contributed by atoms with E-state index in [-0.39, 0.29) is 5.91 Å². The van der Waals surface area contributed by atoms with E-state index in [0.29, 0.717) is 0 Å². The maximum absolute atomic E-state index is 12.0. The number of amides is 1. The Labute approximate surface area is 149 Å². The molecule has 0 spiro atoms. The van der Waals surface area contributed by atoms with Crippen LogP contribution in [0, 0.1) is 0 Å². The molecule has 0 saturated heterocycles. The van der Waals surface area contributed by atoms with E-state index in [1.165, 1.54) is 12.0 Å². The molecule has 0 atom stereocenters. The van der Waals surface area contributed by atoms with Gasteiger partial charge in [0.15, 0.2) is 0 Å². The fourth-order valence-corrected chi connectivity index (χ4v) is 3.36. The standard InChI is InChI=1S/C22H26N2O/c1-2-24(17-18-11-5-3-6-12-18)16-10-4-7-14-20-19-13-8-9-15-21(19)23-22(20)25/h3,5-6,8-9,11-13,15H,2,4,7,10,14,16-17H2,1H3. The molecule has 25 heavy (non-hydrogen) atoms. The van der Waals surface area contributed by atoms with Gasteiger partial charge in [0.1, 0.15) is 0 Å². The first-order valence-electron chi connectivity index (χ1n) is 9.25. The molecule has 3 heteroatoms. The van der Waals surface area contributed by atoms with Crippen molar-refractivity contribution in [3.63, 3.8) is 0 Å². The van der Waals surface area contributed by atoms with Crippen LogP contribution < -0.4 is 10.6 Å². The molecular weight excluding hydrogens is 308 g/mol. The molecule has 0 unspecified atom stereocenters. The van der Waals surface area contributed by atoms with Crippen molar-refractivity contribution in [1.82, 2.24) is 4.90 Å². The van der Waals surface area contributed by atoms with Gasteiger partial charge >= 0.3 is 0 Å². The molecule has 1 aliphatic heterocycles. The molecule has 2 aromatic rings. The summed E-state index contributed by atoms with van der Waals surface area (Å²) in [6.45, 7) is 5.40. The van der Waals surface area contributed by atoms with Crippen LogP contribution in [0.2, 0.25) is 0 Å². The molecule has 0 fully saturated rings. The number of hydrogen-bond acceptors (Lipinski definition) is 2. The summed E-state index contributed by atoms with van der Waals surface area (Å²) in [4.78, 5) is 18.7. The lowest BCUT2D eigenvalue weighted by molar-refractivity contribution is -0.112. The van der Waals surface area contributed by atoms with Gasteiger partial charge in [0.25, 0.3) is 5.91 Å². The third kappa shape index (κ3) is 4.64. The number of benzene rings is 2. The number of unbranched alkanes of at least 4 members (excludes halogenated alkanes) is 2. The first-order chi connectivity index (χ1) is 12.3. The minimum atomic E-state index is -0.0412. The van der Waals surface area contributed by atoms with E-state index >= 15 is 0 Å². The van der Waals surface area contributed by atoms with E-state index in [0.717, 1.165) is 55.0 Å².